The Labute approximate surface area is 249 Å². The third kappa shape index (κ3) is 5.70. The van der Waals surface area contributed by atoms with Gasteiger partial charge in [0.15, 0.2) is 0 Å². The number of carboxylic acid groups (broad SMARTS) is 1. The Morgan fingerprint density at radius 1 is 1.14 bits per heavy atom. The monoisotopic (exact) mass is 624 g/mol. The Kier molecular flexibility index (Phi) is 7.99. The van der Waals surface area contributed by atoms with Gasteiger partial charge in [-0.2, -0.15) is 20.5 Å². The number of aromatic nitrogens is 5. The van der Waals surface area contributed by atoms with E-state index in [1.54, 1.807) is 0 Å². The summed E-state index contributed by atoms with van der Waals surface area (Å²) >= 11 is 6.57. The summed E-state index contributed by atoms with van der Waals surface area (Å²) in [6.45, 7) is 0. The number of H-pyrrole nitrogens is 2. The van der Waals surface area contributed by atoms with Crippen LogP contribution in [0, 0.1) is 0 Å². The molecule has 0 spiro atoms. The number of amides is 5. The summed E-state index contributed by atoms with van der Waals surface area (Å²) in [5, 5.41) is 32.2. The summed E-state index contributed by atoms with van der Waals surface area (Å²) in [6.07, 6.45) is 2.52. The molecule has 3 atom stereocenters. The van der Waals surface area contributed by atoms with Crippen molar-refractivity contribution < 1.29 is 29.1 Å². The van der Waals surface area contributed by atoms with E-state index in [2.05, 4.69) is 41.6 Å². The van der Waals surface area contributed by atoms with Crippen LogP contribution in [0.3, 0.4) is 0 Å². The number of carbonyl (C=O) groups is 5. The predicted octanol–water partition coefficient (Wildman–Crippen LogP) is -0.993. The maximum Gasteiger partial charge on any atom is 0.353 e. The second-order valence-electron chi connectivity index (χ2n) is 9.03. The van der Waals surface area contributed by atoms with Crippen molar-refractivity contribution in [1.29, 1.82) is 0 Å². The minimum Gasteiger partial charge on any atom is -0.477 e. The number of anilines is 1. The Bertz CT molecular complexity index is 1740. The highest BCUT2D eigenvalue weighted by Gasteiger charge is 2.55. The maximum absolute atomic E-state index is 13.6. The molecule has 2 unspecified atom stereocenters. The number of thiocarbonyl (C=S) groups is 1. The molecule has 0 bridgehead atoms. The minimum absolute atomic E-state index is 0.105. The van der Waals surface area contributed by atoms with Crippen LogP contribution >= 0.6 is 24.0 Å². The molecule has 0 saturated carbocycles. The standard InChI is InChI=1S/C24H20N10O7S2/c25-24(41)28-10-3-1-9(2-4-10)14(29-18(35)11-5-6-26-32-19(11)36)20(37)30-15-21(38)34-16(23(39)40)12(8-43-22(15)34)17(42)13-7-27-33-31-13/h1-7,14-15,22H,8H2,(H,29,35)(H,30,37)(H,32,36)(H,39,40)(H3,25,28,41)(H,27,31,33)/t14?,15?,22-/m0/s1. The van der Waals surface area contributed by atoms with Crippen molar-refractivity contribution in [3.05, 3.63) is 81.2 Å². The van der Waals surface area contributed by atoms with E-state index >= 15 is 0 Å². The molecule has 0 aliphatic carbocycles. The molecule has 8 N–H and O–H groups in total. The number of fused-ring (bicyclic) bond motifs is 1. The molecule has 4 heterocycles. The average Bonchev–Trinajstić information content (AvgIpc) is 3.53. The van der Waals surface area contributed by atoms with Crippen molar-refractivity contribution in [1.82, 2.24) is 41.1 Å². The molecule has 1 saturated heterocycles. The zero-order chi connectivity index (χ0) is 30.8. The van der Waals surface area contributed by atoms with E-state index in [0.29, 0.717) is 5.69 Å². The zero-order valence-corrected chi connectivity index (χ0v) is 23.2. The van der Waals surface area contributed by atoms with Gasteiger partial charge in [-0.25, -0.2) is 14.7 Å². The number of carboxylic acids is 1. The SMILES string of the molecule is NC(=O)Nc1ccc(C(NC(=O)c2ccn[nH]c2=O)C(=O)NC2C(=O)N3C(C(=O)O)=C(C(=S)c4cn[nH]n4)CS[C@@H]23)cc1. The van der Waals surface area contributed by atoms with Gasteiger partial charge < -0.3 is 26.8 Å². The number of urea groups is 1. The van der Waals surface area contributed by atoms with Crippen LogP contribution in [-0.2, 0) is 14.4 Å². The van der Waals surface area contributed by atoms with Crippen molar-refractivity contribution >= 4 is 64.3 Å². The van der Waals surface area contributed by atoms with Gasteiger partial charge in [0.1, 0.15) is 34.4 Å². The lowest BCUT2D eigenvalue weighted by Gasteiger charge is -2.49. The molecule has 19 heteroatoms. The van der Waals surface area contributed by atoms with Crippen LogP contribution in [0.1, 0.15) is 27.7 Å². The lowest BCUT2D eigenvalue weighted by Crippen LogP contribution is -2.71. The van der Waals surface area contributed by atoms with Crippen molar-refractivity contribution in [2.45, 2.75) is 17.5 Å². The third-order valence-electron chi connectivity index (χ3n) is 6.41. The zero-order valence-electron chi connectivity index (χ0n) is 21.6. The molecule has 0 radical (unpaired) electrons. The number of benzene rings is 1. The summed E-state index contributed by atoms with van der Waals surface area (Å²) < 4.78 is 0. The van der Waals surface area contributed by atoms with E-state index in [-0.39, 0.29) is 38.7 Å². The first-order chi connectivity index (χ1) is 20.6. The smallest absolute Gasteiger partial charge is 0.353 e. The minimum atomic E-state index is -1.41. The summed E-state index contributed by atoms with van der Waals surface area (Å²) in [6, 6.07) is 3.51. The average molecular weight is 625 g/mol. The molecule has 43 heavy (non-hydrogen) atoms. The van der Waals surface area contributed by atoms with Gasteiger partial charge in [-0.3, -0.25) is 24.1 Å². The number of β-lactam (4-membered cyclic amide) rings is 1. The van der Waals surface area contributed by atoms with Gasteiger partial charge in [-0.05, 0) is 23.8 Å². The van der Waals surface area contributed by atoms with Crippen LogP contribution in [0.25, 0.3) is 0 Å². The number of thioether (sulfide) groups is 1. The molecule has 1 aromatic carbocycles. The van der Waals surface area contributed by atoms with Gasteiger partial charge in [-0.1, -0.05) is 24.4 Å². The molecule has 5 amide bonds. The first kappa shape index (κ1) is 29.1. The van der Waals surface area contributed by atoms with Gasteiger partial charge in [0, 0.05) is 23.2 Å². The quantitative estimate of drug-likeness (QED) is 0.0860. The van der Waals surface area contributed by atoms with Crippen LogP contribution in [0.5, 0.6) is 0 Å². The second-order valence-corrected chi connectivity index (χ2v) is 10.5. The van der Waals surface area contributed by atoms with E-state index in [0.717, 1.165) is 11.0 Å². The molecule has 5 rings (SSSR count). The highest BCUT2D eigenvalue weighted by Crippen LogP contribution is 2.41. The number of carbonyl (C=O) groups excluding carboxylic acids is 4. The molecule has 3 aromatic rings. The number of nitrogens with zero attached hydrogens (tertiary/aromatic N) is 4. The van der Waals surface area contributed by atoms with Crippen molar-refractivity contribution in [2.75, 3.05) is 11.1 Å². The molecule has 2 aromatic heterocycles. The Hall–Kier alpha value is -5.43. The van der Waals surface area contributed by atoms with Crippen molar-refractivity contribution in [3.8, 4) is 0 Å². The van der Waals surface area contributed by atoms with Crippen LogP contribution in [0.4, 0.5) is 10.5 Å². The van der Waals surface area contributed by atoms with E-state index in [1.165, 1.54) is 48.4 Å². The molecule has 2 aliphatic heterocycles. The third-order valence-corrected chi connectivity index (χ3v) is 8.15. The highest BCUT2D eigenvalue weighted by atomic mass is 32.2. The summed E-state index contributed by atoms with van der Waals surface area (Å²) in [5.74, 6) is -3.72. The normalized spacial score (nSPS) is 18.1. The molecular formula is C24H20N10O7S2. The molecule has 220 valence electrons. The van der Waals surface area contributed by atoms with Crippen LogP contribution < -0.4 is 27.2 Å². The fourth-order valence-electron chi connectivity index (χ4n) is 4.43. The number of nitrogens with two attached hydrogens (primary N) is 1. The van der Waals surface area contributed by atoms with Gasteiger partial charge in [-0.15, -0.1) is 11.8 Å². The number of hydrogen-bond donors (Lipinski definition) is 7. The molecule has 17 nitrogen and oxygen atoms in total. The van der Waals surface area contributed by atoms with Gasteiger partial charge >= 0.3 is 12.0 Å². The first-order valence-electron chi connectivity index (χ1n) is 12.2. The number of primary amides is 1. The van der Waals surface area contributed by atoms with Crippen LogP contribution in [-0.4, -0.2) is 87.4 Å². The predicted molar refractivity (Wildman–Crippen MR) is 152 cm³/mol. The van der Waals surface area contributed by atoms with Crippen molar-refractivity contribution in [2.24, 2.45) is 5.73 Å². The first-order valence-corrected chi connectivity index (χ1v) is 13.7. The van der Waals surface area contributed by atoms with Gasteiger partial charge in [0.2, 0.25) is 5.91 Å². The Morgan fingerprint density at radius 2 is 1.88 bits per heavy atom. The number of rotatable bonds is 9. The molecular weight excluding hydrogens is 604 g/mol. The van der Waals surface area contributed by atoms with Crippen LogP contribution in [0.2, 0.25) is 0 Å². The topological polar surface area (TPSA) is 258 Å². The fraction of sp³-hybridized carbons (Fsp3) is 0.167. The maximum atomic E-state index is 13.6. The van der Waals surface area contributed by atoms with E-state index in [4.69, 9.17) is 18.0 Å². The number of aromatic amines is 2. The Balaban J connectivity index is 1.39. The number of aliphatic carboxylic acids is 1. The molecule has 1 fully saturated rings. The van der Waals surface area contributed by atoms with Gasteiger partial charge in [0.25, 0.3) is 17.4 Å². The number of hydrogen-bond acceptors (Lipinski definition) is 11. The fourth-order valence-corrected chi connectivity index (χ4v) is 6.14. The summed E-state index contributed by atoms with van der Waals surface area (Å²) in [4.78, 5) is 76.4. The largest absolute Gasteiger partial charge is 0.477 e. The van der Waals surface area contributed by atoms with E-state index < -0.39 is 52.7 Å². The lowest BCUT2D eigenvalue weighted by atomic mass is 9.99. The van der Waals surface area contributed by atoms with E-state index in [9.17, 15) is 33.9 Å². The van der Waals surface area contributed by atoms with Crippen LogP contribution in [0.15, 0.2) is 58.8 Å². The van der Waals surface area contributed by atoms with Crippen molar-refractivity contribution in [3.63, 3.8) is 0 Å². The summed E-state index contributed by atoms with van der Waals surface area (Å²) in [7, 11) is 0. The van der Waals surface area contributed by atoms with E-state index in [1.807, 2.05) is 0 Å². The number of nitrogens with one attached hydrogen (secondary N) is 5. The second kappa shape index (κ2) is 11.8. The Morgan fingerprint density at radius 3 is 2.51 bits per heavy atom. The summed E-state index contributed by atoms with van der Waals surface area (Å²) in [5.41, 5.74) is 4.68. The molecule has 2 aliphatic rings. The lowest BCUT2D eigenvalue weighted by molar-refractivity contribution is -0.150. The van der Waals surface area contributed by atoms with Gasteiger partial charge in [0.05, 0.1) is 11.1 Å². The highest BCUT2D eigenvalue weighted by molar-refractivity contribution is 8.00.